The Hall–Kier alpha value is -3.25. The van der Waals surface area contributed by atoms with Crippen molar-refractivity contribution in [2.24, 2.45) is 0 Å². The van der Waals surface area contributed by atoms with Crippen LogP contribution in [0.15, 0.2) is 89.8 Å². The second kappa shape index (κ2) is 8.91. The highest BCUT2D eigenvalue weighted by Gasteiger charge is 2.22. The molecule has 0 aromatic heterocycles. The number of rotatable bonds is 5. The zero-order chi connectivity index (χ0) is 19.1. The zero-order valence-corrected chi connectivity index (χ0v) is 15.1. The highest BCUT2D eigenvalue weighted by atomic mass is 32.2. The minimum absolute atomic E-state index is 0.0685. The third-order valence-corrected chi connectivity index (χ3v) is 5.03. The van der Waals surface area contributed by atoms with Crippen molar-refractivity contribution in [1.29, 1.82) is 0 Å². The van der Waals surface area contributed by atoms with Crippen LogP contribution in [0.5, 0.6) is 5.75 Å². The monoisotopic (exact) mass is 378 g/mol. The summed E-state index contributed by atoms with van der Waals surface area (Å²) in [6.45, 7) is 0. The quantitative estimate of drug-likeness (QED) is 0.467. The van der Waals surface area contributed by atoms with E-state index in [0.717, 1.165) is 10.5 Å². The zero-order valence-electron chi connectivity index (χ0n) is 14.3. The van der Waals surface area contributed by atoms with Crippen molar-refractivity contribution < 1.29 is 14.7 Å². The number of aromatic hydroxyl groups is 1. The molecule has 0 heterocycles. The van der Waals surface area contributed by atoms with Crippen LogP contribution in [0.25, 0.3) is 0 Å². The van der Waals surface area contributed by atoms with Gasteiger partial charge in [0.1, 0.15) is 11.0 Å². The SMILES string of the molecule is O=C(NNC(=O)[C@H](Sc1ccccc1)c1ccccc1)c1ccc(O)cc1. The molecule has 3 aromatic carbocycles. The second-order valence-electron chi connectivity index (χ2n) is 5.71. The van der Waals surface area contributed by atoms with Gasteiger partial charge in [-0.25, -0.2) is 0 Å². The molecular weight excluding hydrogens is 360 g/mol. The molecule has 1 atom stereocenters. The molecule has 0 saturated carbocycles. The number of phenols is 1. The van der Waals surface area contributed by atoms with Gasteiger partial charge in [0.15, 0.2) is 0 Å². The number of thioether (sulfide) groups is 1. The molecule has 0 fully saturated rings. The van der Waals surface area contributed by atoms with E-state index < -0.39 is 11.2 Å². The first-order valence-corrected chi connectivity index (χ1v) is 9.17. The molecule has 0 unspecified atom stereocenters. The van der Waals surface area contributed by atoms with Crippen LogP contribution >= 0.6 is 11.8 Å². The van der Waals surface area contributed by atoms with Crippen LogP contribution < -0.4 is 10.9 Å². The Morgan fingerprint density at radius 3 is 2.00 bits per heavy atom. The van der Waals surface area contributed by atoms with Crippen LogP contribution in [0, 0.1) is 0 Å². The van der Waals surface area contributed by atoms with Crippen LogP contribution in [0.4, 0.5) is 0 Å². The molecule has 3 rings (SSSR count). The number of benzene rings is 3. The van der Waals surface area contributed by atoms with Crippen LogP contribution in [0.1, 0.15) is 21.2 Å². The summed E-state index contributed by atoms with van der Waals surface area (Å²) in [6, 6.07) is 24.8. The molecule has 136 valence electrons. The predicted octanol–water partition coefficient (Wildman–Crippen LogP) is 3.69. The van der Waals surface area contributed by atoms with Crippen molar-refractivity contribution in [2.45, 2.75) is 10.1 Å². The molecule has 0 saturated heterocycles. The third kappa shape index (κ3) is 5.12. The fourth-order valence-corrected chi connectivity index (χ4v) is 3.45. The lowest BCUT2D eigenvalue weighted by molar-refractivity contribution is -0.121. The van der Waals surface area contributed by atoms with E-state index in [1.165, 1.54) is 36.0 Å². The van der Waals surface area contributed by atoms with Crippen molar-refractivity contribution in [2.75, 3.05) is 0 Å². The normalized spacial score (nSPS) is 11.4. The minimum atomic E-state index is -0.520. The van der Waals surface area contributed by atoms with Gasteiger partial charge in [-0.3, -0.25) is 20.4 Å². The predicted molar refractivity (Wildman–Crippen MR) is 105 cm³/mol. The van der Waals surface area contributed by atoms with E-state index in [1.54, 1.807) is 0 Å². The highest BCUT2D eigenvalue weighted by Crippen LogP contribution is 2.35. The number of carbonyl (C=O) groups excluding carboxylic acids is 2. The topological polar surface area (TPSA) is 78.4 Å². The van der Waals surface area contributed by atoms with Gasteiger partial charge in [-0.15, -0.1) is 11.8 Å². The summed E-state index contributed by atoms with van der Waals surface area (Å²) >= 11 is 1.40. The molecule has 3 N–H and O–H groups in total. The number of hydrogen-bond acceptors (Lipinski definition) is 4. The van der Waals surface area contributed by atoms with Gasteiger partial charge in [0.25, 0.3) is 11.8 Å². The maximum atomic E-state index is 12.8. The summed E-state index contributed by atoms with van der Waals surface area (Å²) in [5.41, 5.74) is 6.08. The Balaban J connectivity index is 1.71. The van der Waals surface area contributed by atoms with E-state index in [9.17, 15) is 14.7 Å². The first-order valence-electron chi connectivity index (χ1n) is 8.29. The van der Waals surface area contributed by atoms with Gasteiger partial charge < -0.3 is 5.11 Å². The molecule has 27 heavy (non-hydrogen) atoms. The largest absolute Gasteiger partial charge is 0.508 e. The van der Waals surface area contributed by atoms with Crippen LogP contribution in [0.3, 0.4) is 0 Å². The molecule has 0 spiro atoms. The minimum Gasteiger partial charge on any atom is -0.508 e. The number of phenolic OH excluding ortho intramolecular Hbond substituents is 1. The standard InChI is InChI=1S/C21H18N2O3S/c24-17-13-11-16(12-14-17)20(25)22-23-21(26)19(15-7-3-1-4-8-15)27-18-9-5-2-6-10-18/h1-14,19,24H,(H,22,25)(H,23,26)/t19-/m1/s1. The van der Waals surface area contributed by atoms with Gasteiger partial charge in [0, 0.05) is 10.5 Å². The van der Waals surface area contributed by atoms with Crippen molar-refractivity contribution in [1.82, 2.24) is 10.9 Å². The molecule has 0 aliphatic heterocycles. The van der Waals surface area contributed by atoms with Crippen molar-refractivity contribution >= 4 is 23.6 Å². The summed E-state index contributed by atoms with van der Waals surface area (Å²) in [4.78, 5) is 25.9. The molecule has 0 aliphatic carbocycles. The number of nitrogens with one attached hydrogen (secondary N) is 2. The Bertz CT molecular complexity index is 900. The second-order valence-corrected chi connectivity index (χ2v) is 6.89. The van der Waals surface area contributed by atoms with E-state index in [0.29, 0.717) is 5.56 Å². The molecule has 0 bridgehead atoms. The summed E-state index contributed by atoms with van der Waals surface area (Å²) in [7, 11) is 0. The van der Waals surface area contributed by atoms with Gasteiger partial charge in [0.2, 0.25) is 0 Å². The van der Waals surface area contributed by atoms with Gasteiger partial charge in [-0.05, 0) is 42.0 Å². The van der Waals surface area contributed by atoms with Crippen molar-refractivity contribution in [3.05, 3.63) is 96.1 Å². The fourth-order valence-electron chi connectivity index (χ4n) is 2.40. The fraction of sp³-hybridized carbons (Fsp3) is 0.0476. The summed E-state index contributed by atoms with van der Waals surface area (Å²) in [6.07, 6.45) is 0. The van der Waals surface area contributed by atoms with Crippen LogP contribution in [-0.4, -0.2) is 16.9 Å². The van der Waals surface area contributed by atoms with E-state index >= 15 is 0 Å². The average molecular weight is 378 g/mol. The van der Waals surface area contributed by atoms with Gasteiger partial charge in [0.05, 0.1) is 0 Å². The lowest BCUT2D eigenvalue weighted by Gasteiger charge is -2.17. The highest BCUT2D eigenvalue weighted by molar-refractivity contribution is 8.00. The van der Waals surface area contributed by atoms with Gasteiger partial charge >= 0.3 is 0 Å². The molecule has 3 aromatic rings. The van der Waals surface area contributed by atoms with E-state index in [2.05, 4.69) is 10.9 Å². The number of amides is 2. The Labute approximate surface area is 161 Å². The molecule has 6 heteroatoms. The first-order chi connectivity index (χ1) is 13.1. The molecular formula is C21H18N2O3S. The van der Waals surface area contributed by atoms with Crippen molar-refractivity contribution in [3.63, 3.8) is 0 Å². The van der Waals surface area contributed by atoms with Gasteiger partial charge in [-0.2, -0.15) is 0 Å². The third-order valence-electron chi connectivity index (χ3n) is 3.77. The lowest BCUT2D eigenvalue weighted by Crippen LogP contribution is -2.43. The lowest BCUT2D eigenvalue weighted by atomic mass is 10.1. The van der Waals surface area contributed by atoms with Crippen LogP contribution in [0.2, 0.25) is 0 Å². The molecule has 0 radical (unpaired) electrons. The van der Waals surface area contributed by atoms with Gasteiger partial charge in [-0.1, -0.05) is 48.5 Å². The first kappa shape index (κ1) is 18.5. The Morgan fingerprint density at radius 1 is 0.778 bits per heavy atom. The summed E-state index contributed by atoms with van der Waals surface area (Å²) in [5, 5.41) is 8.77. The Kier molecular flexibility index (Phi) is 6.12. The molecule has 5 nitrogen and oxygen atoms in total. The summed E-state index contributed by atoms with van der Waals surface area (Å²) < 4.78 is 0. The van der Waals surface area contributed by atoms with E-state index in [1.807, 2.05) is 60.7 Å². The number of carbonyl (C=O) groups is 2. The number of hydrogen-bond donors (Lipinski definition) is 3. The van der Waals surface area contributed by atoms with Crippen molar-refractivity contribution in [3.8, 4) is 5.75 Å². The smallest absolute Gasteiger partial charge is 0.269 e. The van der Waals surface area contributed by atoms with E-state index in [4.69, 9.17) is 0 Å². The maximum absolute atomic E-state index is 12.8. The summed E-state index contributed by atoms with van der Waals surface area (Å²) in [5.74, 6) is -0.721. The van der Waals surface area contributed by atoms with E-state index in [-0.39, 0.29) is 11.7 Å². The van der Waals surface area contributed by atoms with Crippen LogP contribution in [-0.2, 0) is 4.79 Å². The average Bonchev–Trinajstić information content (AvgIpc) is 2.72. The Morgan fingerprint density at radius 2 is 1.37 bits per heavy atom. The molecule has 2 amide bonds. The molecule has 0 aliphatic rings. The number of hydrazine groups is 1. The maximum Gasteiger partial charge on any atom is 0.269 e.